The molecule has 0 saturated heterocycles. The normalized spacial score (nSPS) is 10.1. The predicted molar refractivity (Wildman–Crippen MR) is 61.1 cm³/mol. The lowest BCUT2D eigenvalue weighted by atomic mass is 10.2. The lowest BCUT2D eigenvalue weighted by Gasteiger charge is -2.04. The van der Waals surface area contributed by atoms with Gasteiger partial charge in [0.2, 0.25) is 0 Å². The summed E-state index contributed by atoms with van der Waals surface area (Å²) < 4.78 is 5.19. The first-order chi connectivity index (χ1) is 7.77. The van der Waals surface area contributed by atoms with E-state index < -0.39 is 0 Å². The number of benzene rings is 1. The van der Waals surface area contributed by atoms with Crippen molar-refractivity contribution >= 4 is 5.97 Å². The molecule has 0 fully saturated rings. The van der Waals surface area contributed by atoms with Gasteiger partial charge in [-0.15, -0.1) is 0 Å². The lowest BCUT2D eigenvalue weighted by Crippen LogP contribution is -2.05. The number of aromatic amines is 1. The molecule has 0 radical (unpaired) electrons. The van der Waals surface area contributed by atoms with Gasteiger partial charge in [-0.05, 0) is 18.6 Å². The Bertz CT molecular complexity index is 474. The van der Waals surface area contributed by atoms with Crippen LogP contribution in [0, 0.1) is 6.92 Å². The van der Waals surface area contributed by atoms with Crippen LogP contribution >= 0.6 is 0 Å². The van der Waals surface area contributed by atoms with Crippen LogP contribution in [0.5, 0.6) is 0 Å². The highest BCUT2D eigenvalue weighted by Gasteiger charge is 2.10. The number of ether oxygens (including phenoxy) is 1. The minimum Gasteiger partial charge on any atom is -0.457 e. The maximum Gasteiger partial charge on any atom is 0.340 e. The second-order valence-electron chi connectivity index (χ2n) is 3.58. The lowest BCUT2D eigenvalue weighted by molar-refractivity contribution is 0.0472. The van der Waals surface area contributed by atoms with E-state index in [1.54, 1.807) is 12.3 Å². The Labute approximate surface area is 94.1 Å². The zero-order chi connectivity index (χ0) is 11.4. The molecule has 0 atom stereocenters. The van der Waals surface area contributed by atoms with E-state index in [2.05, 4.69) is 4.98 Å². The van der Waals surface area contributed by atoms with Crippen molar-refractivity contribution in [3.05, 3.63) is 59.4 Å². The minimum absolute atomic E-state index is 0.289. The molecular weight excluding hydrogens is 202 g/mol. The number of nitrogens with one attached hydrogen (secondary N) is 1. The number of hydrogen-bond donors (Lipinski definition) is 1. The van der Waals surface area contributed by atoms with Gasteiger partial charge < -0.3 is 9.72 Å². The molecule has 2 rings (SSSR count). The first-order valence-electron chi connectivity index (χ1n) is 5.12. The Morgan fingerprint density at radius 3 is 2.62 bits per heavy atom. The van der Waals surface area contributed by atoms with Crippen LogP contribution in [0.15, 0.2) is 42.6 Å². The summed E-state index contributed by atoms with van der Waals surface area (Å²) in [7, 11) is 0. The van der Waals surface area contributed by atoms with Crippen LogP contribution in [-0.4, -0.2) is 11.0 Å². The van der Waals surface area contributed by atoms with Gasteiger partial charge in [-0.1, -0.05) is 30.3 Å². The zero-order valence-electron chi connectivity index (χ0n) is 9.07. The smallest absolute Gasteiger partial charge is 0.340 e. The first kappa shape index (κ1) is 10.5. The van der Waals surface area contributed by atoms with Crippen molar-refractivity contribution in [1.29, 1.82) is 0 Å². The van der Waals surface area contributed by atoms with Crippen LogP contribution in [0.25, 0.3) is 0 Å². The minimum atomic E-state index is -0.289. The number of esters is 1. The number of carbonyl (C=O) groups is 1. The number of rotatable bonds is 3. The highest BCUT2D eigenvalue weighted by molar-refractivity contribution is 5.90. The predicted octanol–water partition coefficient (Wildman–Crippen LogP) is 2.68. The van der Waals surface area contributed by atoms with Gasteiger partial charge in [-0.25, -0.2) is 4.79 Å². The second kappa shape index (κ2) is 4.66. The van der Waals surface area contributed by atoms with E-state index in [-0.39, 0.29) is 5.97 Å². The summed E-state index contributed by atoms with van der Waals surface area (Å²) >= 11 is 0. The Morgan fingerprint density at radius 2 is 2.00 bits per heavy atom. The molecule has 82 valence electrons. The Morgan fingerprint density at radius 1 is 1.25 bits per heavy atom. The quantitative estimate of drug-likeness (QED) is 0.800. The summed E-state index contributed by atoms with van der Waals surface area (Å²) in [6, 6.07) is 11.4. The van der Waals surface area contributed by atoms with Gasteiger partial charge in [0.05, 0.1) is 5.56 Å². The van der Waals surface area contributed by atoms with Crippen LogP contribution in [0.1, 0.15) is 21.6 Å². The third kappa shape index (κ3) is 2.31. The van der Waals surface area contributed by atoms with E-state index in [0.717, 1.165) is 11.3 Å². The molecule has 0 bridgehead atoms. The molecular formula is C13H13NO2. The summed E-state index contributed by atoms with van der Waals surface area (Å²) in [6.07, 6.45) is 1.73. The molecule has 0 amide bonds. The summed E-state index contributed by atoms with van der Waals surface area (Å²) in [5.41, 5.74) is 2.41. The molecule has 3 heteroatoms. The Balaban J connectivity index is 1.97. The maximum absolute atomic E-state index is 11.7. The van der Waals surface area contributed by atoms with Gasteiger partial charge in [-0.2, -0.15) is 0 Å². The summed E-state index contributed by atoms with van der Waals surface area (Å²) in [5, 5.41) is 0. The van der Waals surface area contributed by atoms with Gasteiger partial charge in [-0.3, -0.25) is 0 Å². The SMILES string of the molecule is Cc1[nH]ccc1C(=O)OCc1ccccc1. The molecule has 3 nitrogen and oxygen atoms in total. The van der Waals surface area contributed by atoms with Gasteiger partial charge in [0, 0.05) is 11.9 Å². The van der Waals surface area contributed by atoms with Crippen LogP contribution in [0.3, 0.4) is 0 Å². The van der Waals surface area contributed by atoms with Crippen LogP contribution in [0.2, 0.25) is 0 Å². The van der Waals surface area contributed by atoms with Crippen LogP contribution < -0.4 is 0 Å². The molecule has 0 spiro atoms. The zero-order valence-corrected chi connectivity index (χ0v) is 9.07. The highest BCUT2D eigenvalue weighted by atomic mass is 16.5. The van der Waals surface area contributed by atoms with E-state index in [4.69, 9.17) is 4.74 Å². The Hall–Kier alpha value is -2.03. The number of carbonyl (C=O) groups excluding carboxylic acids is 1. The van der Waals surface area contributed by atoms with E-state index >= 15 is 0 Å². The van der Waals surface area contributed by atoms with Crippen molar-refractivity contribution in [3.63, 3.8) is 0 Å². The number of hydrogen-bond acceptors (Lipinski definition) is 2. The van der Waals surface area contributed by atoms with Gasteiger partial charge in [0.25, 0.3) is 0 Å². The van der Waals surface area contributed by atoms with E-state index in [1.807, 2.05) is 37.3 Å². The molecule has 1 aromatic carbocycles. The van der Waals surface area contributed by atoms with Crippen molar-refractivity contribution in [2.24, 2.45) is 0 Å². The van der Waals surface area contributed by atoms with Crippen molar-refractivity contribution in [3.8, 4) is 0 Å². The molecule has 1 aromatic heterocycles. The maximum atomic E-state index is 11.7. The standard InChI is InChI=1S/C13H13NO2/c1-10-12(7-8-14-10)13(15)16-9-11-5-3-2-4-6-11/h2-8,14H,9H2,1H3. The van der Waals surface area contributed by atoms with Crippen molar-refractivity contribution in [2.45, 2.75) is 13.5 Å². The molecule has 16 heavy (non-hydrogen) atoms. The third-order valence-corrected chi connectivity index (χ3v) is 2.39. The van der Waals surface area contributed by atoms with Crippen molar-refractivity contribution in [1.82, 2.24) is 4.98 Å². The van der Waals surface area contributed by atoms with Gasteiger partial charge >= 0.3 is 5.97 Å². The number of aryl methyl sites for hydroxylation is 1. The average molecular weight is 215 g/mol. The largest absolute Gasteiger partial charge is 0.457 e. The topological polar surface area (TPSA) is 42.1 Å². The van der Waals surface area contributed by atoms with Gasteiger partial charge in [0.1, 0.15) is 6.61 Å². The van der Waals surface area contributed by atoms with Crippen molar-refractivity contribution < 1.29 is 9.53 Å². The summed E-state index contributed by atoms with van der Waals surface area (Å²) in [4.78, 5) is 14.6. The molecule has 0 aliphatic carbocycles. The fourth-order valence-electron chi connectivity index (χ4n) is 1.47. The van der Waals surface area contributed by atoms with Crippen LogP contribution in [-0.2, 0) is 11.3 Å². The van der Waals surface area contributed by atoms with E-state index in [9.17, 15) is 4.79 Å². The average Bonchev–Trinajstić information content (AvgIpc) is 2.74. The molecule has 0 saturated carbocycles. The van der Waals surface area contributed by atoms with Crippen LogP contribution in [0.4, 0.5) is 0 Å². The molecule has 0 unspecified atom stereocenters. The third-order valence-electron chi connectivity index (χ3n) is 2.39. The summed E-state index contributed by atoms with van der Waals surface area (Å²) in [5.74, 6) is -0.289. The molecule has 2 aromatic rings. The number of H-pyrrole nitrogens is 1. The first-order valence-corrected chi connectivity index (χ1v) is 5.12. The summed E-state index contributed by atoms with van der Waals surface area (Å²) in [6.45, 7) is 2.16. The fraction of sp³-hybridized carbons (Fsp3) is 0.154. The van der Waals surface area contributed by atoms with E-state index in [1.165, 1.54) is 0 Å². The van der Waals surface area contributed by atoms with E-state index in [0.29, 0.717) is 12.2 Å². The van der Waals surface area contributed by atoms with Crippen molar-refractivity contribution in [2.75, 3.05) is 0 Å². The molecule has 0 aliphatic rings. The Kier molecular flexibility index (Phi) is 3.05. The molecule has 0 aliphatic heterocycles. The molecule has 1 heterocycles. The monoisotopic (exact) mass is 215 g/mol. The molecule has 1 N–H and O–H groups in total. The second-order valence-corrected chi connectivity index (χ2v) is 3.58. The number of aromatic nitrogens is 1. The van der Waals surface area contributed by atoms with Gasteiger partial charge in [0.15, 0.2) is 0 Å². The highest BCUT2D eigenvalue weighted by Crippen LogP contribution is 2.09. The fourth-order valence-corrected chi connectivity index (χ4v) is 1.47.